The number of fused-ring (bicyclic) bond motifs is 1. The van der Waals surface area contributed by atoms with Crippen LogP contribution in [0.3, 0.4) is 0 Å². The molecule has 31 heavy (non-hydrogen) atoms. The molecule has 4 N–H and O–H groups in total. The van der Waals surface area contributed by atoms with Gasteiger partial charge in [-0.15, -0.1) is 0 Å². The molecule has 2 fully saturated rings. The zero-order chi connectivity index (χ0) is 21.4. The summed E-state index contributed by atoms with van der Waals surface area (Å²) < 4.78 is 15.7. The van der Waals surface area contributed by atoms with Crippen molar-refractivity contribution in [3.8, 4) is 0 Å². The maximum Gasteiger partial charge on any atom is 0.163 e. The Bertz CT molecular complexity index is 1060. The number of nitrogens with one attached hydrogen (secondary N) is 3. The summed E-state index contributed by atoms with van der Waals surface area (Å²) >= 11 is 0. The van der Waals surface area contributed by atoms with Gasteiger partial charge >= 0.3 is 0 Å². The number of hydrogen-bond acceptors (Lipinski definition) is 6. The van der Waals surface area contributed by atoms with Crippen LogP contribution in [0.1, 0.15) is 42.7 Å². The van der Waals surface area contributed by atoms with E-state index in [1.54, 1.807) is 4.52 Å². The lowest BCUT2D eigenvalue weighted by molar-refractivity contribution is 0.0883. The molecular weight excluding hydrogens is 395 g/mol. The summed E-state index contributed by atoms with van der Waals surface area (Å²) in [5.74, 6) is 1.86. The molecular formula is C23H29FN6O. The van der Waals surface area contributed by atoms with E-state index in [9.17, 15) is 9.50 Å². The third-order valence-electron chi connectivity index (χ3n) is 6.49. The van der Waals surface area contributed by atoms with Crippen molar-refractivity contribution in [3.63, 3.8) is 0 Å². The molecule has 7 nitrogen and oxygen atoms in total. The van der Waals surface area contributed by atoms with Crippen LogP contribution in [0.2, 0.25) is 0 Å². The van der Waals surface area contributed by atoms with E-state index in [4.69, 9.17) is 4.98 Å². The average molecular weight is 425 g/mol. The molecule has 0 radical (unpaired) electrons. The number of aliphatic hydroxyl groups is 1. The Labute approximate surface area is 181 Å². The number of halogens is 1. The van der Waals surface area contributed by atoms with Gasteiger partial charge in [0.15, 0.2) is 5.65 Å². The van der Waals surface area contributed by atoms with Crippen molar-refractivity contribution >= 4 is 23.0 Å². The van der Waals surface area contributed by atoms with Gasteiger partial charge < -0.3 is 21.1 Å². The standard InChI is InChI=1S/C23H29FN6O/c1-14-7-17(24)9-18(8-14)28-22-10-21(26-11-16-5-6-25-13-20(16)31)29-23-19(12-27-30(22)23)15-3-2-4-15/h7-10,12,15-16,20,25,28,31H,2-6,11,13H2,1H3,(H,26,29)/t16-,20+/m1/s1. The highest BCUT2D eigenvalue weighted by atomic mass is 19.1. The number of nitrogens with zero attached hydrogens (tertiary/aromatic N) is 3. The van der Waals surface area contributed by atoms with Gasteiger partial charge in [0.2, 0.25) is 0 Å². The first-order valence-electron chi connectivity index (χ1n) is 11.1. The van der Waals surface area contributed by atoms with E-state index < -0.39 is 0 Å². The largest absolute Gasteiger partial charge is 0.391 e. The van der Waals surface area contributed by atoms with Gasteiger partial charge in [-0.1, -0.05) is 6.42 Å². The first kappa shape index (κ1) is 20.2. The highest BCUT2D eigenvalue weighted by Gasteiger charge is 2.26. The van der Waals surface area contributed by atoms with Crippen molar-refractivity contribution in [3.05, 3.63) is 47.4 Å². The smallest absolute Gasteiger partial charge is 0.163 e. The fourth-order valence-corrected chi connectivity index (χ4v) is 4.49. The molecule has 2 aromatic heterocycles. The summed E-state index contributed by atoms with van der Waals surface area (Å²) in [6.45, 7) is 4.06. The van der Waals surface area contributed by atoms with Crippen LogP contribution in [-0.2, 0) is 0 Å². The molecule has 1 saturated carbocycles. The number of rotatable bonds is 6. The van der Waals surface area contributed by atoms with Gasteiger partial charge in [-0.25, -0.2) is 9.37 Å². The Morgan fingerprint density at radius 3 is 2.84 bits per heavy atom. The summed E-state index contributed by atoms with van der Waals surface area (Å²) in [5, 5.41) is 24.8. The Morgan fingerprint density at radius 1 is 1.23 bits per heavy atom. The van der Waals surface area contributed by atoms with Crippen LogP contribution in [0, 0.1) is 18.7 Å². The minimum atomic E-state index is -0.363. The summed E-state index contributed by atoms with van der Waals surface area (Å²) in [5.41, 5.74) is 3.51. The van der Waals surface area contributed by atoms with E-state index in [0.717, 1.165) is 54.2 Å². The third kappa shape index (κ3) is 4.22. The summed E-state index contributed by atoms with van der Waals surface area (Å²) in [7, 11) is 0. The Kier molecular flexibility index (Phi) is 5.50. The van der Waals surface area contributed by atoms with E-state index in [1.165, 1.54) is 18.6 Å². The average Bonchev–Trinajstić information content (AvgIpc) is 3.09. The highest BCUT2D eigenvalue weighted by molar-refractivity contribution is 5.66. The second-order valence-electron chi connectivity index (χ2n) is 8.83. The van der Waals surface area contributed by atoms with Crippen molar-refractivity contribution in [2.24, 2.45) is 5.92 Å². The fourth-order valence-electron chi connectivity index (χ4n) is 4.49. The Balaban J connectivity index is 1.47. The Hall–Kier alpha value is -2.71. The number of β-amino-alcohol motifs (C(OH)–C–C–N with tert-alkyl or cyclic N) is 1. The fraction of sp³-hybridized carbons (Fsp3) is 0.478. The minimum absolute atomic E-state index is 0.178. The van der Waals surface area contributed by atoms with Crippen LogP contribution < -0.4 is 16.0 Å². The molecule has 5 rings (SSSR count). The number of hydrogen-bond donors (Lipinski definition) is 4. The van der Waals surface area contributed by atoms with E-state index in [1.807, 2.05) is 25.3 Å². The second kappa shape index (κ2) is 8.43. The topological polar surface area (TPSA) is 86.5 Å². The number of piperidine rings is 1. The molecule has 2 atom stereocenters. The van der Waals surface area contributed by atoms with Gasteiger partial charge in [0, 0.05) is 36.3 Å². The molecule has 0 amide bonds. The quantitative estimate of drug-likeness (QED) is 0.484. The lowest BCUT2D eigenvalue weighted by Gasteiger charge is -2.28. The van der Waals surface area contributed by atoms with Gasteiger partial charge in [0.1, 0.15) is 17.5 Å². The SMILES string of the molecule is Cc1cc(F)cc(Nc2cc(NC[C@H]3CCNC[C@@H]3O)nc3c(C4CCC4)cnn23)c1. The molecule has 3 heterocycles. The minimum Gasteiger partial charge on any atom is -0.391 e. The molecule has 3 aromatic rings. The van der Waals surface area contributed by atoms with Crippen LogP contribution in [0.4, 0.5) is 21.7 Å². The van der Waals surface area contributed by atoms with Crippen molar-refractivity contribution in [1.29, 1.82) is 0 Å². The van der Waals surface area contributed by atoms with Gasteiger partial charge in [-0.2, -0.15) is 9.61 Å². The first-order valence-corrected chi connectivity index (χ1v) is 11.1. The van der Waals surface area contributed by atoms with Crippen LogP contribution in [-0.4, -0.2) is 45.4 Å². The van der Waals surface area contributed by atoms with E-state index in [2.05, 4.69) is 21.0 Å². The predicted molar refractivity (Wildman–Crippen MR) is 119 cm³/mol. The van der Waals surface area contributed by atoms with Gasteiger partial charge in [0.05, 0.1) is 12.3 Å². The predicted octanol–water partition coefficient (Wildman–Crippen LogP) is 3.57. The van der Waals surface area contributed by atoms with Crippen molar-refractivity contribution in [1.82, 2.24) is 19.9 Å². The van der Waals surface area contributed by atoms with Crippen LogP contribution in [0.25, 0.3) is 5.65 Å². The van der Waals surface area contributed by atoms with Crippen molar-refractivity contribution in [2.45, 2.75) is 44.6 Å². The maximum atomic E-state index is 13.9. The monoisotopic (exact) mass is 424 g/mol. The van der Waals surface area contributed by atoms with Gasteiger partial charge in [0.25, 0.3) is 0 Å². The zero-order valence-corrected chi connectivity index (χ0v) is 17.7. The third-order valence-corrected chi connectivity index (χ3v) is 6.49. The Morgan fingerprint density at radius 2 is 2.10 bits per heavy atom. The van der Waals surface area contributed by atoms with E-state index in [-0.39, 0.29) is 17.8 Å². The molecule has 0 spiro atoms. The van der Waals surface area contributed by atoms with Crippen molar-refractivity contribution < 1.29 is 9.50 Å². The summed E-state index contributed by atoms with van der Waals surface area (Å²) in [6.07, 6.45) is 6.03. The summed E-state index contributed by atoms with van der Waals surface area (Å²) in [6, 6.07) is 6.80. The maximum absolute atomic E-state index is 13.9. The number of aryl methyl sites for hydroxylation is 1. The van der Waals surface area contributed by atoms with Crippen LogP contribution in [0.5, 0.6) is 0 Å². The zero-order valence-electron chi connectivity index (χ0n) is 17.7. The van der Waals surface area contributed by atoms with E-state index >= 15 is 0 Å². The molecule has 1 aliphatic heterocycles. The molecule has 1 aliphatic carbocycles. The lowest BCUT2D eigenvalue weighted by atomic mass is 9.81. The highest BCUT2D eigenvalue weighted by Crippen LogP contribution is 2.38. The van der Waals surface area contributed by atoms with Gasteiger partial charge in [-0.05, 0) is 62.4 Å². The normalized spacial score (nSPS) is 21.8. The number of anilines is 3. The second-order valence-corrected chi connectivity index (χ2v) is 8.83. The van der Waals surface area contributed by atoms with Gasteiger partial charge in [-0.3, -0.25) is 0 Å². The summed E-state index contributed by atoms with van der Waals surface area (Å²) in [4.78, 5) is 4.86. The first-order chi connectivity index (χ1) is 15.1. The number of aliphatic hydroxyl groups excluding tert-OH is 1. The van der Waals surface area contributed by atoms with Crippen molar-refractivity contribution in [2.75, 3.05) is 30.3 Å². The molecule has 1 aromatic carbocycles. The molecule has 0 bridgehead atoms. The van der Waals surface area contributed by atoms with Crippen LogP contribution in [0.15, 0.2) is 30.5 Å². The number of benzene rings is 1. The molecule has 1 saturated heterocycles. The lowest BCUT2D eigenvalue weighted by Crippen LogP contribution is -2.43. The van der Waals surface area contributed by atoms with E-state index in [0.29, 0.717) is 24.7 Å². The molecule has 8 heteroatoms. The van der Waals surface area contributed by atoms with Crippen LogP contribution >= 0.6 is 0 Å². The molecule has 164 valence electrons. The number of aromatic nitrogens is 3. The molecule has 2 aliphatic rings. The molecule has 0 unspecified atom stereocenters.